The Labute approximate surface area is 166 Å². The Morgan fingerprint density at radius 3 is 2.71 bits per heavy atom. The molecule has 3 rings (SSSR count). The first kappa shape index (κ1) is 20.1. The van der Waals surface area contributed by atoms with Crippen LogP contribution in [0.4, 0.5) is 5.82 Å². The molecule has 1 aliphatic heterocycles. The van der Waals surface area contributed by atoms with Crippen molar-refractivity contribution in [2.45, 2.75) is 6.04 Å². The second-order valence-electron chi connectivity index (χ2n) is 6.91. The number of likely N-dealkylation sites (N-methyl/N-ethyl adjacent to an activating group) is 1. The van der Waals surface area contributed by atoms with Crippen LogP contribution >= 0.6 is 0 Å². The zero-order valence-corrected chi connectivity index (χ0v) is 16.7. The Hall–Kier alpha value is -2.64. The van der Waals surface area contributed by atoms with E-state index in [2.05, 4.69) is 20.1 Å². The fraction of sp³-hybridized carbons (Fsp3) is 0.429. The number of aromatic nitrogens is 1. The Morgan fingerprint density at radius 2 is 2.00 bits per heavy atom. The summed E-state index contributed by atoms with van der Waals surface area (Å²) >= 11 is 0. The first-order valence-corrected chi connectivity index (χ1v) is 9.47. The molecule has 1 aromatic heterocycles. The number of carbonyl (C=O) groups is 1. The van der Waals surface area contributed by atoms with Gasteiger partial charge in [-0.1, -0.05) is 18.2 Å². The number of benzene rings is 1. The summed E-state index contributed by atoms with van der Waals surface area (Å²) in [7, 11) is 5.65. The molecule has 1 N–H and O–H groups in total. The van der Waals surface area contributed by atoms with Crippen molar-refractivity contribution >= 4 is 11.7 Å². The van der Waals surface area contributed by atoms with E-state index < -0.39 is 0 Å². The molecule has 7 nitrogen and oxygen atoms in total. The number of nitrogens with zero attached hydrogens (tertiary/aromatic N) is 3. The molecule has 0 saturated carbocycles. The minimum Gasteiger partial charge on any atom is -0.496 e. The van der Waals surface area contributed by atoms with Gasteiger partial charge in [0, 0.05) is 31.4 Å². The monoisotopic (exact) mass is 384 g/mol. The average Bonchev–Trinajstić information content (AvgIpc) is 2.74. The minimum absolute atomic E-state index is 0.0105. The number of methoxy groups -OCH3 is 1. The highest BCUT2D eigenvalue weighted by molar-refractivity contribution is 5.98. The van der Waals surface area contributed by atoms with E-state index in [1.54, 1.807) is 19.4 Å². The number of hydrogen-bond acceptors (Lipinski definition) is 6. The highest BCUT2D eigenvalue weighted by Crippen LogP contribution is 2.27. The van der Waals surface area contributed by atoms with Gasteiger partial charge >= 0.3 is 0 Å². The Balaban J connectivity index is 1.75. The Kier molecular flexibility index (Phi) is 6.84. The van der Waals surface area contributed by atoms with Gasteiger partial charge in [0.25, 0.3) is 5.91 Å². The van der Waals surface area contributed by atoms with Crippen LogP contribution < -0.4 is 15.0 Å². The number of carbonyl (C=O) groups excluding carboxylic acids is 1. The minimum atomic E-state index is -0.128. The predicted octanol–water partition coefficient (Wildman–Crippen LogP) is 1.96. The maximum absolute atomic E-state index is 13.0. The Bertz CT molecular complexity index is 791. The van der Waals surface area contributed by atoms with Crippen molar-refractivity contribution in [2.24, 2.45) is 0 Å². The van der Waals surface area contributed by atoms with Crippen LogP contribution in [0.5, 0.6) is 5.75 Å². The highest BCUT2D eigenvalue weighted by Gasteiger charge is 2.22. The summed E-state index contributed by atoms with van der Waals surface area (Å²) in [5.74, 6) is 1.39. The number of nitrogens with one attached hydrogen (secondary N) is 1. The van der Waals surface area contributed by atoms with Gasteiger partial charge < -0.3 is 24.6 Å². The maximum atomic E-state index is 13.0. The lowest BCUT2D eigenvalue weighted by Crippen LogP contribution is -2.39. The maximum Gasteiger partial charge on any atom is 0.255 e. The van der Waals surface area contributed by atoms with Crippen LogP contribution in [0.1, 0.15) is 22.0 Å². The summed E-state index contributed by atoms with van der Waals surface area (Å²) in [6.07, 6.45) is 1.72. The molecular weight excluding hydrogens is 356 g/mol. The van der Waals surface area contributed by atoms with E-state index in [0.29, 0.717) is 31.1 Å². The first-order chi connectivity index (χ1) is 13.6. The van der Waals surface area contributed by atoms with E-state index in [0.717, 1.165) is 24.4 Å². The van der Waals surface area contributed by atoms with E-state index in [9.17, 15) is 4.79 Å². The molecule has 0 aliphatic carbocycles. The van der Waals surface area contributed by atoms with E-state index in [1.165, 1.54) is 0 Å². The molecular formula is C21H28N4O3. The van der Waals surface area contributed by atoms with Crippen LogP contribution in [0.2, 0.25) is 0 Å². The van der Waals surface area contributed by atoms with Gasteiger partial charge in [0.2, 0.25) is 0 Å². The number of hydrogen-bond donors (Lipinski definition) is 1. The zero-order chi connectivity index (χ0) is 19.9. The SMILES string of the molecule is COc1ccccc1C(CNC(=O)c1cccnc1N1CCOCC1)N(C)C. The molecule has 0 bridgehead atoms. The van der Waals surface area contributed by atoms with E-state index >= 15 is 0 Å². The van der Waals surface area contributed by atoms with Crippen molar-refractivity contribution in [1.82, 2.24) is 15.2 Å². The van der Waals surface area contributed by atoms with Crippen molar-refractivity contribution in [3.05, 3.63) is 53.7 Å². The van der Waals surface area contributed by atoms with Gasteiger partial charge in [-0.25, -0.2) is 4.98 Å². The quantitative estimate of drug-likeness (QED) is 0.787. The van der Waals surface area contributed by atoms with E-state index in [1.807, 2.05) is 44.4 Å². The van der Waals surface area contributed by atoms with E-state index in [4.69, 9.17) is 9.47 Å². The topological polar surface area (TPSA) is 66.9 Å². The van der Waals surface area contributed by atoms with Gasteiger partial charge in [-0.3, -0.25) is 4.79 Å². The summed E-state index contributed by atoms with van der Waals surface area (Å²) in [6.45, 7) is 3.23. The largest absolute Gasteiger partial charge is 0.496 e. The summed E-state index contributed by atoms with van der Waals surface area (Å²) in [5, 5.41) is 3.08. The van der Waals surface area contributed by atoms with Crippen LogP contribution in [0.15, 0.2) is 42.6 Å². The summed E-state index contributed by atoms with van der Waals surface area (Å²) in [6, 6.07) is 11.5. The van der Waals surface area contributed by atoms with Gasteiger partial charge in [-0.15, -0.1) is 0 Å². The predicted molar refractivity (Wildman–Crippen MR) is 109 cm³/mol. The summed E-state index contributed by atoms with van der Waals surface area (Å²) in [5.41, 5.74) is 1.62. The molecule has 1 atom stereocenters. The molecule has 0 spiro atoms. The second kappa shape index (κ2) is 9.52. The van der Waals surface area contributed by atoms with Gasteiger partial charge in [0.05, 0.1) is 31.9 Å². The van der Waals surface area contributed by atoms with Crippen molar-refractivity contribution < 1.29 is 14.3 Å². The third kappa shape index (κ3) is 4.61. The van der Waals surface area contributed by atoms with Crippen molar-refractivity contribution in [3.8, 4) is 5.75 Å². The summed E-state index contributed by atoms with van der Waals surface area (Å²) < 4.78 is 10.9. The van der Waals surface area contributed by atoms with Gasteiger partial charge in [0.1, 0.15) is 11.6 Å². The molecule has 1 fully saturated rings. The highest BCUT2D eigenvalue weighted by atomic mass is 16.5. The molecule has 28 heavy (non-hydrogen) atoms. The standard InChI is InChI=1S/C21H28N4O3/c1-24(2)18(16-7-4-5-9-19(16)27-3)15-23-21(26)17-8-6-10-22-20(17)25-11-13-28-14-12-25/h4-10,18H,11-15H2,1-3H3,(H,23,26). The normalized spacial score (nSPS) is 15.4. The van der Waals surface area contributed by atoms with Crippen LogP contribution in [-0.2, 0) is 4.74 Å². The zero-order valence-electron chi connectivity index (χ0n) is 16.7. The van der Waals surface area contributed by atoms with Crippen LogP contribution in [0, 0.1) is 0 Å². The molecule has 150 valence electrons. The van der Waals surface area contributed by atoms with Gasteiger partial charge in [-0.2, -0.15) is 0 Å². The number of morpholine rings is 1. The lowest BCUT2D eigenvalue weighted by atomic mass is 10.0. The third-order valence-corrected chi connectivity index (χ3v) is 4.92. The third-order valence-electron chi connectivity index (χ3n) is 4.92. The van der Waals surface area contributed by atoms with E-state index in [-0.39, 0.29) is 11.9 Å². The average molecular weight is 384 g/mol. The smallest absolute Gasteiger partial charge is 0.255 e. The fourth-order valence-electron chi connectivity index (χ4n) is 3.40. The van der Waals surface area contributed by atoms with Crippen molar-refractivity contribution in [3.63, 3.8) is 0 Å². The Morgan fingerprint density at radius 1 is 1.25 bits per heavy atom. The molecule has 1 aliphatic rings. The number of para-hydroxylation sites is 1. The number of rotatable bonds is 7. The summed E-state index contributed by atoms with van der Waals surface area (Å²) in [4.78, 5) is 21.6. The molecule has 1 saturated heterocycles. The van der Waals surface area contributed by atoms with Crippen LogP contribution in [0.25, 0.3) is 0 Å². The van der Waals surface area contributed by atoms with Crippen molar-refractivity contribution in [1.29, 1.82) is 0 Å². The van der Waals surface area contributed by atoms with Gasteiger partial charge in [-0.05, 0) is 32.3 Å². The number of anilines is 1. The lowest BCUT2D eigenvalue weighted by Gasteiger charge is -2.29. The van der Waals surface area contributed by atoms with Crippen LogP contribution in [0.3, 0.4) is 0 Å². The first-order valence-electron chi connectivity index (χ1n) is 9.47. The van der Waals surface area contributed by atoms with Crippen molar-refractivity contribution in [2.75, 3.05) is 59.0 Å². The molecule has 1 unspecified atom stereocenters. The fourth-order valence-corrected chi connectivity index (χ4v) is 3.40. The number of pyridine rings is 1. The second-order valence-corrected chi connectivity index (χ2v) is 6.91. The number of ether oxygens (including phenoxy) is 2. The van der Waals surface area contributed by atoms with Gasteiger partial charge in [0.15, 0.2) is 0 Å². The molecule has 1 amide bonds. The molecule has 2 aromatic rings. The molecule has 2 heterocycles. The lowest BCUT2D eigenvalue weighted by molar-refractivity contribution is 0.0939. The molecule has 1 aromatic carbocycles. The molecule has 7 heteroatoms. The number of amides is 1. The molecule has 0 radical (unpaired) electrons. The van der Waals surface area contributed by atoms with Crippen LogP contribution in [-0.4, -0.2) is 69.8 Å².